The molecule has 1 aliphatic rings. The molecule has 74 valence electrons. The summed E-state index contributed by atoms with van der Waals surface area (Å²) in [4.78, 5) is 2.16. The van der Waals surface area contributed by atoms with Crippen LogP contribution in [0.1, 0.15) is 33.1 Å². The van der Waals surface area contributed by atoms with Crippen LogP contribution in [0.5, 0.6) is 0 Å². The Hall–Kier alpha value is -0.590. The second kappa shape index (κ2) is 4.08. The normalized spacial score (nSPS) is 26.5. The molecule has 1 atom stereocenters. The number of nitrogens with zero attached hydrogens (tertiary/aromatic N) is 2. The van der Waals surface area contributed by atoms with Gasteiger partial charge in [-0.1, -0.05) is 0 Å². The van der Waals surface area contributed by atoms with Gasteiger partial charge in [0.2, 0.25) is 0 Å². The van der Waals surface area contributed by atoms with Crippen molar-refractivity contribution in [1.82, 2.24) is 4.90 Å². The van der Waals surface area contributed by atoms with Crippen LogP contribution >= 0.6 is 0 Å². The van der Waals surface area contributed by atoms with Crippen LogP contribution in [0.25, 0.3) is 0 Å². The van der Waals surface area contributed by atoms with Crippen molar-refractivity contribution in [3.63, 3.8) is 0 Å². The van der Waals surface area contributed by atoms with E-state index in [2.05, 4.69) is 11.0 Å². The zero-order chi connectivity index (χ0) is 9.90. The highest BCUT2D eigenvalue weighted by atomic mass is 16.3. The molecule has 0 aromatic carbocycles. The third-order valence-corrected chi connectivity index (χ3v) is 2.76. The van der Waals surface area contributed by atoms with Crippen molar-refractivity contribution >= 4 is 0 Å². The Morgan fingerprint density at radius 1 is 1.38 bits per heavy atom. The first-order valence-electron chi connectivity index (χ1n) is 4.90. The molecule has 0 radical (unpaired) electrons. The molecule has 1 N–H and O–H groups in total. The number of hydrogen-bond donors (Lipinski definition) is 1. The quantitative estimate of drug-likeness (QED) is 0.661. The van der Waals surface area contributed by atoms with Crippen LogP contribution in [0.3, 0.4) is 0 Å². The van der Waals surface area contributed by atoms with E-state index in [1.807, 2.05) is 13.8 Å². The van der Waals surface area contributed by atoms with Gasteiger partial charge in [0.25, 0.3) is 0 Å². The Bertz CT molecular complexity index is 207. The highest BCUT2D eigenvalue weighted by Gasteiger charge is 2.28. The first kappa shape index (κ1) is 10.5. The summed E-state index contributed by atoms with van der Waals surface area (Å²) in [7, 11) is 0. The Morgan fingerprint density at radius 3 is 2.69 bits per heavy atom. The van der Waals surface area contributed by atoms with Crippen LogP contribution in [0.15, 0.2) is 0 Å². The van der Waals surface area contributed by atoms with Crippen LogP contribution in [0, 0.1) is 11.3 Å². The Labute approximate surface area is 80.0 Å². The van der Waals surface area contributed by atoms with Crippen molar-refractivity contribution in [2.75, 3.05) is 13.1 Å². The molecule has 1 heterocycles. The van der Waals surface area contributed by atoms with Crippen molar-refractivity contribution in [3.8, 4) is 6.07 Å². The molecule has 1 unspecified atom stereocenters. The van der Waals surface area contributed by atoms with E-state index in [1.54, 1.807) is 0 Å². The van der Waals surface area contributed by atoms with Gasteiger partial charge < -0.3 is 5.11 Å². The van der Waals surface area contributed by atoms with Crippen molar-refractivity contribution in [2.45, 2.75) is 44.8 Å². The topological polar surface area (TPSA) is 47.3 Å². The molecule has 0 aliphatic carbocycles. The first-order valence-corrected chi connectivity index (χ1v) is 4.90. The summed E-state index contributed by atoms with van der Waals surface area (Å²) in [6, 6.07) is 2.30. The maximum absolute atomic E-state index is 9.44. The summed E-state index contributed by atoms with van der Waals surface area (Å²) in [6.45, 7) is 5.63. The van der Waals surface area contributed by atoms with Gasteiger partial charge in [-0.2, -0.15) is 5.26 Å². The maximum atomic E-state index is 9.44. The van der Waals surface area contributed by atoms with Gasteiger partial charge in [-0.3, -0.25) is 4.90 Å². The molecule has 3 nitrogen and oxygen atoms in total. The van der Waals surface area contributed by atoms with E-state index in [0.717, 1.165) is 32.4 Å². The van der Waals surface area contributed by atoms with Gasteiger partial charge in [0.15, 0.2) is 0 Å². The number of likely N-dealkylation sites (tertiary alicyclic amines) is 1. The highest BCUT2D eigenvalue weighted by Crippen LogP contribution is 2.19. The third-order valence-electron chi connectivity index (χ3n) is 2.76. The molecule has 0 bridgehead atoms. The molecule has 1 rings (SSSR count). The summed E-state index contributed by atoms with van der Waals surface area (Å²) >= 11 is 0. The minimum Gasteiger partial charge on any atom is -0.393 e. The zero-order valence-corrected chi connectivity index (χ0v) is 8.45. The molecule has 1 saturated heterocycles. The molecule has 0 aromatic rings. The SMILES string of the molecule is CC(C)(C#N)N1CCCC(O)CC1. The fourth-order valence-corrected chi connectivity index (χ4v) is 1.71. The molecule has 13 heavy (non-hydrogen) atoms. The van der Waals surface area contributed by atoms with Gasteiger partial charge in [-0.05, 0) is 39.7 Å². The van der Waals surface area contributed by atoms with Gasteiger partial charge in [0.05, 0.1) is 12.2 Å². The summed E-state index contributed by atoms with van der Waals surface area (Å²) in [6.07, 6.45) is 2.49. The smallest absolute Gasteiger partial charge is 0.103 e. The largest absolute Gasteiger partial charge is 0.393 e. The van der Waals surface area contributed by atoms with E-state index >= 15 is 0 Å². The van der Waals surface area contributed by atoms with E-state index in [-0.39, 0.29) is 11.6 Å². The standard InChI is InChI=1S/C10H18N2O/c1-10(2,8-11)12-6-3-4-9(13)5-7-12/h9,13H,3-7H2,1-2H3. The van der Waals surface area contributed by atoms with Gasteiger partial charge in [0, 0.05) is 6.54 Å². The summed E-state index contributed by atoms with van der Waals surface area (Å²) in [5, 5.41) is 18.4. The Kier molecular flexibility index (Phi) is 3.29. The van der Waals surface area contributed by atoms with Crippen LogP contribution in [-0.2, 0) is 0 Å². The lowest BCUT2D eigenvalue weighted by Crippen LogP contribution is -2.43. The Balaban J connectivity index is 2.57. The van der Waals surface area contributed by atoms with E-state index in [0.29, 0.717) is 0 Å². The number of aliphatic hydroxyl groups excluding tert-OH is 1. The average molecular weight is 182 g/mol. The number of aliphatic hydroxyl groups is 1. The Morgan fingerprint density at radius 2 is 2.08 bits per heavy atom. The molecular weight excluding hydrogens is 164 g/mol. The van der Waals surface area contributed by atoms with Crippen molar-refractivity contribution in [1.29, 1.82) is 5.26 Å². The fraction of sp³-hybridized carbons (Fsp3) is 0.900. The van der Waals surface area contributed by atoms with E-state index < -0.39 is 0 Å². The number of rotatable bonds is 1. The van der Waals surface area contributed by atoms with Gasteiger partial charge in [-0.15, -0.1) is 0 Å². The van der Waals surface area contributed by atoms with E-state index in [9.17, 15) is 5.11 Å². The minimum absolute atomic E-state index is 0.167. The lowest BCUT2D eigenvalue weighted by Gasteiger charge is -2.31. The van der Waals surface area contributed by atoms with Gasteiger partial charge in [0.1, 0.15) is 5.54 Å². The molecule has 0 saturated carbocycles. The summed E-state index contributed by atoms with van der Waals surface area (Å²) in [5.74, 6) is 0. The molecule has 0 amide bonds. The monoisotopic (exact) mass is 182 g/mol. The molecule has 1 fully saturated rings. The predicted octanol–water partition coefficient (Wildman–Crippen LogP) is 1.14. The summed E-state index contributed by atoms with van der Waals surface area (Å²) < 4.78 is 0. The number of hydrogen-bond acceptors (Lipinski definition) is 3. The predicted molar refractivity (Wildman–Crippen MR) is 51.1 cm³/mol. The van der Waals surface area contributed by atoms with Crippen LogP contribution in [0.4, 0.5) is 0 Å². The molecular formula is C10H18N2O. The third kappa shape index (κ3) is 2.68. The van der Waals surface area contributed by atoms with Crippen LogP contribution in [0.2, 0.25) is 0 Å². The average Bonchev–Trinajstić information content (AvgIpc) is 2.30. The second-order valence-corrected chi connectivity index (χ2v) is 4.24. The van der Waals surface area contributed by atoms with Gasteiger partial charge in [-0.25, -0.2) is 0 Å². The van der Waals surface area contributed by atoms with Crippen molar-refractivity contribution in [3.05, 3.63) is 0 Å². The molecule has 1 aliphatic heterocycles. The maximum Gasteiger partial charge on any atom is 0.103 e. The number of nitriles is 1. The molecule has 0 spiro atoms. The van der Waals surface area contributed by atoms with E-state index in [4.69, 9.17) is 5.26 Å². The highest BCUT2D eigenvalue weighted by molar-refractivity contribution is 5.02. The lowest BCUT2D eigenvalue weighted by atomic mass is 10.1. The summed E-state index contributed by atoms with van der Waals surface area (Å²) in [5.41, 5.74) is -0.385. The molecule has 0 aromatic heterocycles. The second-order valence-electron chi connectivity index (χ2n) is 4.24. The fourth-order valence-electron chi connectivity index (χ4n) is 1.71. The van der Waals surface area contributed by atoms with Crippen molar-refractivity contribution in [2.24, 2.45) is 0 Å². The van der Waals surface area contributed by atoms with Crippen molar-refractivity contribution < 1.29 is 5.11 Å². The molecule has 3 heteroatoms. The van der Waals surface area contributed by atoms with Crippen LogP contribution < -0.4 is 0 Å². The van der Waals surface area contributed by atoms with Crippen LogP contribution in [-0.4, -0.2) is 34.7 Å². The minimum atomic E-state index is -0.385. The first-order chi connectivity index (χ1) is 6.06. The zero-order valence-electron chi connectivity index (χ0n) is 8.45. The van der Waals surface area contributed by atoms with E-state index in [1.165, 1.54) is 0 Å². The van der Waals surface area contributed by atoms with Gasteiger partial charge >= 0.3 is 0 Å². The lowest BCUT2D eigenvalue weighted by molar-refractivity contribution is 0.139.